The first kappa shape index (κ1) is 23.3. The molecule has 2 rings (SSSR count). The van der Waals surface area contributed by atoms with Crippen LogP contribution < -0.4 is 10.0 Å². The highest BCUT2D eigenvalue weighted by molar-refractivity contribution is 7.89. The summed E-state index contributed by atoms with van der Waals surface area (Å²) in [6, 6.07) is 11.0. The first-order chi connectivity index (χ1) is 14.2. The second-order valence-electron chi connectivity index (χ2n) is 6.98. The summed E-state index contributed by atoms with van der Waals surface area (Å²) in [5.74, 6) is -0.951. The zero-order valence-electron chi connectivity index (χ0n) is 17.3. The molecule has 0 bridgehead atoms. The van der Waals surface area contributed by atoms with Gasteiger partial charge >= 0.3 is 5.97 Å². The Hall–Kier alpha value is -2.97. The molecular weight excluding hydrogens is 404 g/mol. The van der Waals surface area contributed by atoms with Gasteiger partial charge in [-0.2, -0.15) is 0 Å². The van der Waals surface area contributed by atoms with Gasteiger partial charge in [0.05, 0.1) is 10.5 Å². The molecule has 8 heteroatoms. The minimum atomic E-state index is -3.68. The van der Waals surface area contributed by atoms with Crippen molar-refractivity contribution in [2.45, 2.75) is 31.6 Å². The lowest BCUT2D eigenvalue weighted by molar-refractivity contribution is -0.119. The largest absolute Gasteiger partial charge is 0.452 e. The monoisotopic (exact) mass is 430 g/mol. The van der Waals surface area contributed by atoms with Crippen LogP contribution in [0.4, 0.5) is 5.69 Å². The summed E-state index contributed by atoms with van der Waals surface area (Å²) in [4.78, 5) is 24.5. The van der Waals surface area contributed by atoms with E-state index in [4.69, 9.17) is 4.74 Å². The lowest BCUT2D eigenvalue weighted by Crippen LogP contribution is -2.24. The van der Waals surface area contributed by atoms with E-state index in [0.29, 0.717) is 0 Å². The highest BCUT2D eigenvalue weighted by Crippen LogP contribution is 2.27. The van der Waals surface area contributed by atoms with Crippen LogP contribution in [0.1, 0.15) is 41.3 Å². The van der Waals surface area contributed by atoms with Crippen LogP contribution in [0.15, 0.2) is 60.0 Å². The maximum atomic E-state index is 12.3. The van der Waals surface area contributed by atoms with Crippen molar-refractivity contribution in [1.29, 1.82) is 0 Å². The number of para-hydroxylation sites is 1. The van der Waals surface area contributed by atoms with Crippen LogP contribution in [0.2, 0.25) is 0 Å². The molecule has 30 heavy (non-hydrogen) atoms. The quantitative estimate of drug-likeness (QED) is 0.469. The maximum absolute atomic E-state index is 12.3. The number of ether oxygens (including phenoxy) is 1. The molecule has 0 heterocycles. The topological polar surface area (TPSA) is 102 Å². The zero-order chi connectivity index (χ0) is 22.3. The van der Waals surface area contributed by atoms with E-state index >= 15 is 0 Å². The minimum absolute atomic E-state index is 0.0133. The van der Waals surface area contributed by atoms with E-state index in [9.17, 15) is 18.0 Å². The van der Waals surface area contributed by atoms with Crippen LogP contribution in [0.3, 0.4) is 0 Å². The molecule has 0 fully saturated rings. The predicted octanol–water partition coefficient (Wildman–Crippen LogP) is 3.38. The van der Waals surface area contributed by atoms with Crippen molar-refractivity contribution < 1.29 is 22.7 Å². The van der Waals surface area contributed by atoms with Gasteiger partial charge in [0.2, 0.25) is 10.0 Å². The number of hydrogen-bond donors (Lipinski definition) is 2. The summed E-state index contributed by atoms with van der Waals surface area (Å²) < 4.78 is 31.5. The summed E-state index contributed by atoms with van der Waals surface area (Å²) >= 11 is 0. The molecule has 0 aromatic heterocycles. The smallest absolute Gasteiger partial charge is 0.338 e. The summed E-state index contributed by atoms with van der Waals surface area (Å²) in [7, 11) is -3.68. The van der Waals surface area contributed by atoms with Crippen LogP contribution in [0.5, 0.6) is 0 Å². The van der Waals surface area contributed by atoms with Crippen molar-refractivity contribution >= 4 is 27.6 Å². The fourth-order valence-corrected chi connectivity index (χ4v) is 3.75. The molecule has 0 aliphatic carbocycles. The Morgan fingerprint density at radius 3 is 2.40 bits per heavy atom. The average molecular weight is 431 g/mol. The van der Waals surface area contributed by atoms with Gasteiger partial charge in [-0.1, -0.05) is 38.1 Å². The molecule has 2 aromatic carbocycles. The first-order valence-electron chi connectivity index (χ1n) is 9.42. The van der Waals surface area contributed by atoms with Crippen molar-refractivity contribution in [3.63, 3.8) is 0 Å². The highest BCUT2D eigenvalue weighted by Gasteiger charge is 2.16. The third kappa shape index (κ3) is 6.01. The molecule has 0 aliphatic rings. The molecule has 0 saturated carbocycles. The Kier molecular flexibility index (Phi) is 7.91. The fourth-order valence-electron chi connectivity index (χ4n) is 2.75. The van der Waals surface area contributed by atoms with E-state index < -0.39 is 28.5 Å². The molecule has 0 radical (unpaired) electrons. The molecule has 2 N–H and O–H groups in total. The Balaban J connectivity index is 1.99. The number of carbonyl (C=O) groups excluding carboxylic acids is 2. The molecule has 0 aliphatic heterocycles. The second-order valence-corrected chi connectivity index (χ2v) is 8.75. The number of nitrogens with one attached hydrogen (secondary N) is 2. The molecule has 1 amide bonds. The zero-order valence-corrected chi connectivity index (χ0v) is 18.1. The number of sulfonamides is 1. The number of hydrogen-bond acceptors (Lipinski definition) is 5. The van der Waals surface area contributed by atoms with Gasteiger partial charge in [0.15, 0.2) is 6.61 Å². The first-order valence-corrected chi connectivity index (χ1v) is 10.9. The predicted molar refractivity (Wildman–Crippen MR) is 116 cm³/mol. The number of benzene rings is 2. The average Bonchev–Trinajstić information content (AvgIpc) is 2.72. The van der Waals surface area contributed by atoms with Gasteiger partial charge < -0.3 is 10.1 Å². The van der Waals surface area contributed by atoms with E-state index in [2.05, 4.69) is 16.6 Å². The van der Waals surface area contributed by atoms with Crippen LogP contribution >= 0.6 is 0 Å². The lowest BCUT2D eigenvalue weighted by atomic mass is 9.98. The van der Waals surface area contributed by atoms with Gasteiger partial charge in [-0.25, -0.2) is 17.9 Å². The van der Waals surface area contributed by atoms with Gasteiger partial charge in [0.1, 0.15) is 0 Å². The van der Waals surface area contributed by atoms with Crippen LogP contribution in [0, 0.1) is 6.92 Å². The van der Waals surface area contributed by atoms with E-state index in [1.54, 1.807) is 0 Å². The Labute approximate surface area is 177 Å². The third-order valence-corrected chi connectivity index (χ3v) is 5.78. The molecule has 0 unspecified atom stereocenters. The van der Waals surface area contributed by atoms with Crippen molar-refractivity contribution in [3.05, 3.63) is 71.8 Å². The van der Waals surface area contributed by atoms with Gasteiger partial charge in [-0.3, -0.25) is 4.79 Å². The maximum Gasteiger partial charge on any atom is 0.338 e. The van der Waals surface area contributed by atoms with Crippen molar-refractivity contribution in [2.75, 3.05) is 18.5 Å². The number of amides is 1. The number of aryl methyl sites for hydroxylation is 1. The Morgan fingerprint density at radius 2 is 1.80 bits per heavy atom. The SMILES string of the molecule is C=CCNS(=O)(=O)c1ccc(C(=O)OCC(=O)Nc2c(C)cccc2C(C)C)cc1. The molecule has 160 valence electrons. The molecule has 0 spiro atoms. The van der Waals surface area contributed by atoms with Gasteiger partial charge in [0.25, 0.3) is 5.91 Å². The summed E-state index contributed by atoms with van der Waals surface area (Å²) in [6.07, 6.45) is 1.43. The number of rotatable bonds is 9. The van der Waals surface area contributed by atoms with Crippen LogP contribution in [0.25, 0.3) is 0 Å². The van der Waals surface area contributed by atoms with E-state index in [0.717, 1.165) is 16.8 Å². The third-order valence-electron chi connectivity index (χ3n) is 4.34. The van der Waals surface area contributed by atoms with Crippen molar-refractivity contribution in [1.82, 2.24) is 4.72 Å². The van der Waals surface area contributed by atoms with Crippen molar-refractivity contribution in [2.24, 2.45) is 0 Å². The normalized spacial score (nSPS) is 11.2. The van der Waals surface area contributed by atoms with Crippen LogP contribution in [-0.4, -0.2) is 33.4 Å². The minimum Gasteiger partial charge on any atom is -0.452 e. The molecule has 0 saturated heterocycles. The molecule has 2 aromatic rings. The fraction of sp³-hybridized carbons (Fsp3) is 0.273. The van der Waals surface area contributed by atoms with Crippen LogP contribution in [-0.2, 0) is 19.6 Å². The van der Waals surface area contributed by atoms with Gasteiger partial charge in [0, 0.05) is 12.2 Å². The standard InChI is InChI=1S/C22H26N2O5S/c1-5-13-23-30(27,28)18-11-9-17(10-12-18)22(26)29-14-20(25)24-21-16(4)7-6-8-19(21)15(2)3/h5-12,15,23H,1,13-14H2,2-4H3,(H,24,25). The Bertz CT molecular complexity index is 1030. The summed E-state index contributed by atoms with van der Waals surface area (Å²) in [5.41, 5.74) is 2.78. The lowest BCUT2D eigenvalue weighted by Gasteiger charge is -2.16. The number of esters is 1. The summed E-state index contributed by atoms with van der Waals surface area (Å²) in [6.45, 7) is 9.05. The number of anilines is 1. The molecule has 7 nitrogen and oxygen atoms in total. The number of carbonyl (C=O) groups is 2. The van der Waals surface area contributed by atoms with E-state index in [-0.39, 0.29) is 22.9 Å². The molecule has 0 atom stereocenters. The highest BCUT2D eigenvalue weighted by atomic mass is 32.2. The van der Waals surface area contributed by atoms with Crippen molar-refractivity contribution in [3.8, 4) is 0 Å². The van der Waals surface area contributed by atoms with E-state index in [1.807, 2.05) is 39.0 Å². The van der Waals surface area contributed by atoms with Gasteiger partial charge in [-0.05, 0) is 48.2 Å². The van der Waals surface area contributed by atoms with E-state index in [1.165, 1.54) is 30.3 Å². The molecular formula is C22H26N2O5S. The van der Waals surface area contributed by atoms with Gasteiger partial charge in [-0.15, -0.1) is 6.58 Å². The summed E-state index contributed by atoms with van der Waals surface area (Å²) in [5, 5.41) is 2.80. The Morgan fingerprint density at radius 1 is 1.13 bits per heavy atom. The second kappa shape index (κ2) is 10.2.